The van der Waals surface area contributed by atoms with Gasteiger partial charge in [0.25, 0.3) is 0 Å². The molecular weight excluding hydrogens is 688 g/mol. The van der Waals surface area contributed by atoms with E-state index in [2.05, 4.69) is 10.6 Å². The first-order valence-corrected chi connectivity index (χ1v) is 16.4. The molecule has 5 unspecified atom stereocenters. The summed E-state index contributed by atoms with van der Waals surface area (Å²) in [5.41, 5.74) is 1.48. The monoisotopic (exact) mass is 732 g/mol. The average molecular weight is 733 g/mol. The Morgan fingerprint density at radius 1 is 0.920 bits per heavy atom. The molecule has 0 aliphatic carbocycles. The summed E-state index contributed by atoms with van der Waals surface area (Å²) in [6.45, 7) is 1.85. The van der Waals surface area contributed by atoms with Gasteiger partial charge in [-0.15, -0.1) is 0 Å². The summed E-state index contributed by atoms with van der Waals surface area (Å²) in [5, 5.41) is 77.7. The van der Waals surface area contributed by atoms with Gasteiger partial charge < -0.3 is 69.5 Å². The number of aliphatic hydroxyl groups is 7. The van der Waals surface area contributed by atoms with Gasteiger partial charge in [-0.1, -0.05) is 29.8 Å². The molecule has 0 saturated carbocycles. The second-order valence-electron chi connectivity index (χ2n) is 11.8. The smallest absolute Gasteiger partial charge is 0.336 e. The lowest BCUT2D eigenvalue weighted by Gasteiger charge is -2.46. The number of carbonyl (C=O) groups is 2. The Kier molecular flexibility index (Phi) is 14.5. The van der Waals surface area contributed by atoms with Crippen molar-refractivity contribution in [3.05, 3.63) is 57.4 Å². The van der Waals surface area contributed by atoms with Gasteiger partial charge in [-0.3, -0.25) is 5.32 Å². The lowest BCUT2D eigenvalue weighted by molar-refractivity contribution is -0.343. The summed E-state index contributed by atoms with van der Waals surface area (Å²) in [5.74, 6) is -2.30. The number of ether oxygens (including phenoxy) is 6. The summed E-state index contributed by atoms with van der Waals surface area (Å²) in [6.07, 6.45) is -15.3. The molecule has 2 fully saturated rings. The fraction of sp³-hybridized carbons (Fsp3) is 0.625. The minimum absolute atomic E-state index is 0.0120. The maximum absolute atomic E-state index is 13.4. The van der Waals surface area contributed by atoms with Crippen LogP contribution in [-0.2, 0) is 38.0 Å². The van der Waals surface area contributed by atoms with Crippen molar-refractivity contribution < 1.29 is 73.8 Å². The molecule has 0 amide bonds. The molecule has 0 bridgehead atoms. The van der Waals surface area contributed by atoms with E-state index < -0.39 is 92.4 Å². The van der Waals surface area contributed by atoms with Crippen LogP contribution in [0.25, 0.3) is 0 Å². The van der Waals surface area contributed by atoms with Crippen molar-refractivity contribution >= 4 is 23.5 Å². The minimum Gasteiger partial charge on any atom is -0.466 e. The molecule has 0 radical (unpaired) electrons. The van der Waals surface area contributed by atoms with Crippen molar-refractivity contribution in [3.8, 4) is 0 Å². The number of methoxy groups -OCH3 is 1. The number of carbonyl (C=O) groups excluding carboxylic acids is 2. The van der Waals surface area contributed by atoms with E-state index in [1.54, 1.807) is 38.1 Å². The lowest BCUT2D eigenvalue weighted by Crippen LogP contribution is -2.66. The fourth-order valence-corrected chi connectivity index (χ4v) is 6.31. The van der Waals surface area contributed by atoms with Crippen LogP contribution >= 0.6 is 11.6 Å². The molecule has 1 aromatic rings. The van der Waals surface area contributed by atoms with Crippen LogP contribution in [0.3, 0.4) is 0 Å². The number of esters is 2. The van der Waals surface area contributed by atoms with Crippen molar-refractivity contribution in [1.82, 2.24) is 10.6 Å². The van der Waals surface area contributed by atoms with Gasteiger partial charge in [0, 0.05) is 17.3 Å². The van der Waals surface area contributed by atoms with Crippen molar-refractivity contribution in [2.24, 2.45) is 0 Å². The Morgan fingerprint density at radius 3 is 2.26 bits per heavy atom. The third kappa shape index (κ3) is 8.64. The zero-order valence-corrected chi connectivity index (χ0v) is 28.4. The standard InChI is InChI=1S/C32H45ClN2O15/c1-4-47-31(44)22-17(35-14(2)20(30(43)45-3)21(22)15-7-5-6-8-16(15)33)13-46-10-9-34-29-26(41)25(40)28(19(12-37)48-29)50-32-27(42)24(39)23(38)18(11-36)49-32/h5-8,18-19,21,23-29,32,34-42H,4,9-13H2,1-3H3/t18?,19?,21?,23-,24-,25+,26?,27?,28+,29+,32-/m0/s1. The van der Waals surface area contributed by atoms with Crippen LogP contribution in [-0.4, -0.2) is 156 Å². The Hall–Kier alpha value is -2.75. The lowest BCUT2D eigenvalue weighted by atomic mass is 9.80. The zero-order chi connectivity index (χ0) is 36.7. The molecule has 9 N–H and O–H groups in total. The Bertz CT molecular complexity index is 1390. The highest BCUT2D eigenvalue weighted by Crippen LogP contribution is 2.42. The van der Waals surface area contributed by atoms with Crippen molar-refractivity contribution in [1.29, 1.82) is 0 Å². The van der Waals surface area contributed by atoms with Crippen molar-refractivity contribution in [2.75, 3.05) is 46.7 Å². The van der Waals surface area contributed by atoms with E-state index in [1.807, 2.05) is 0 Å². The highest BCUT2D eigenvalue weighted by Gasteiger charge is 2.50. The molecule has 11 atom stereocenters. The highest BCUT2D eigenvalue weighted by molar-refractivity contribution is 6.31. The maximum Gasteiger partial charge on any atom is 0.336 e. The van der Waals surface area contributed by atoms with Crippen LogP contribution in [0.5, 0.6) is 0 Å². The molecule has 17 nitrogen and oxygen atoms in total. The number of allylic oxidation sites excluding steroid dienone is 1. The highest BCUT2D eigenvalue weighted by atomic mass is 35.5. The van der Waals surface area contributed by atoms with E-state index in [9.17, 15) is 45.3 Å². The molecule has 0 aromatic heterocycles. The molecule has 2 saturated heterocycles. The van der Waals surface area contributed by atoms with Gasteiger partial charge >= 0.3 is 11.9 Å². The maximum atomic E-state index is 13.4. The topological polar surface area (TPSA) is 255 Å². The van der Waals surface area contributed by atoms with Gasteiger partial charge in [0.1, 0.15) is 55.1 Å². The number of rotatable bonds is 14. The third-order valence-corrected chi connectivity index (χ3v) is 8.95. The predicted octanol–water partition coefficient (Wildman–Crippen LogP) is -2.48. The van der Waals surface area contributed by atoms with E-state index >= 15 is 0 Å². The first-order chi connectivity index (χ1) is 23.9. The summed E-state index contributed by atoms with van der Waals surface area (Å²) < 4.78 is 32.9. The van der Waals surface area contributed by atoms with Gasteiger partial charge in [-0.2, -0.15) is 0 Å². The van der Waals surface area contributed by atoms with Gasteiger partial charge in [0.2, 0.25) is 0 Å². The second kappa shape index (κ2) is 18.1. The SMILES string of the molecule is CCOC(=O)C1=C(COCCN[C@@H]2OC(CO)[C@@H](O[C@@H]3OC(CO)[C@H](O)[C@H](O)C3O)[C@H](O)C2O)NC(C)=C(C(=O)OC)C1c1ccccc1Cl. The van der Waals surface area contributed by atoms with E-state index in [4.69, 9.17) is 40.0 Å². The summed E-state index contributed by atoms with van der Waals surface area (Å²) >= 11 is 6.53. The van der Waals surface area contributed by atoms with Gasteiger partial charge in [0.15, 0.2) is 6.29 Å². The molecule has 3 aliphatic rings. The molecule has 18 heteroatoms. The largest absolute Gasteiger partial charge is 0.466 e. The number of nitrogens with one attached hydrogen (secondary N) is 2. The quantitative estimate of drug-likeness (QED) is 0.0709. The van der Waals surface area contributed by atoms with E-state index in [0.717, 1.165) is 0 Å². The van der Waals surface area contributed by atoms with Crippen LogP contribution in [0.15, 0.2) is 46.8 Å². The minimum atomic E-state index is -1.78. The number of dihydropyridines is 1. The van der Waals surface area contributed by atoms with Crippen molar-refractivity contribution in [2.45, 2.75) is 81.1 Å². The van der Waals surface area contributed by atoms with Crippen LogP contribution in [0.4, 0.5) is 0 Å². The Morgan fingerprint density at radius 2 is 1.62 bits per heavy atom. The van der Waals surface area contributed by atoms with Crippen molar-refractivity contribution in [3.63, 3.8) is 0 Å². The van der Waals surface area contributed by atoms with E-state index in [-0.39, 0.29) is 37.5 Å². The zero-order valence-electron chi connectivity index (χ0n) is 27.7. The van der Waals surface area contributed by atoms with Crippen LogP contribution < -0.4 is 10.6 Å². The van der Waals surface area contributed by atoms with Gasteiger partial charge in [0.05, 0.1) is 62.9 Å². The molecule has 1 aromatic carbocycles. The van der Waals surface area contributed by atoms with E-state index in [0.29, 0.717) is 22.0 Å². The molecule has 3 aliphatic heterocycles. The molecule has 0 spiro atoms. The summed E-state index contributed by atoms with van der Waals surface area (Å²) in [4.78, 5) is 26.3. The van der Waals surface area contributed by atoms with Crippen LogP contribution in [0, 0.1) is 0 Å². The molecule has 50 heavy (non-hydrogen) atoms. The second-order valence-corrected chi connectivity index (χ2v) is 12.2. The number of halogens is 1. The fourth-order valence-electron chi connectivity index (χ4n) is 6.07. The third-order valence-electron chi connectivity index (χ3n) is 8.60. The average Bonchev–Trinajstić information content (AvgIpc) is 3.10. The number of benzene rings is 1. The summed E-state index contributed by atoms with van der Waals surface area (Å²) in [7, 11) is 1.23. The summed E-state index contributed by atoms with van der Waals surface area (Å²) in [6, 6.07) is 6.77. The molecule has 280 valence electrons. The molecule has 3 heterocycles. The number of hydrogen-bond donors (Lipinski definition) is 9. The predicted molar refractivity (Wildman–Crippen MR) is 171 cm³/mol. The number of hydrogen-bond acceptors (Lipinski definition) is 17. The van der Waals surface area contributed by atoms with Crippen LogP contribution in [0.2, 0.25) is 5.02 Å². The van der Waals surface area contributed by atoms with Gasteiger partial charge in [-0.25, -0.2) is 9.59 Å². The Labute approximate surface area is 292 Å². The molecular formula is C32H45ClN2O15. The normalized spacial score (nSPS) is 33.2. The number of aliphatic hydroxyl groups excluding tert-OH is 7. The first-order valence-electron chi connectivity index (χ1n) is 16.0. The Balaban J connectivity index is 1.42. The first kappa shape index (κ1) is 40.0. The van der Waals surface area contributed by atoms with Gasteiger partial charge in [-0.05, 0) is 25.5 Å². The van der Waals surface area contributed by atoms with E-state index in [1.165, 1.54) is 7.11 Å². The molecule has 4 rings (SSSR count). The van der Waals surface area contributed by atoms with Crippen LogP contribution in [0.1, 0.15) is 25.3 Å².